The Kier molecular flexibility index (Phi) is 7.67. The van der Waals surface area contributed by atoms with Gasteiger partial charge in [-0.1, -0.05) is 61.9 Å². The standard InChI is InChI=1S/C31H36N2O5S/c1-3-15-31(16-14-22-8-5-4-6-9-22)18-27(34)26(30(35)38-31)17-24-10-7-11-25(29(24)23-12-13-23)20-39(36,37)28-19-33(2)21-32-28/h4-11,19,21,23,34H,3,12-18,20H2,1-2H3. The van der Waals surface area contributed by atoms with E-state index in [4.69, 9.17) is 4.74 Å². The summed E-state index contributed by atoms with van der Waals surface area (Å²) in [5.74, 6) is -0.296. The van der Waals surface area contributed by atoms with Gasteiger partial charge < -0.3 is 14.4 Å². The molecule has 3 aromatic rings. The summed E-state index contributed by atoms with van der Waals surface area (Å²) in [5, 5.41) is 11.2. The molecule has 1 atom stereocenters. The van der Waals surface area contributed by atoms with Crippen molar-refractivity contribution in [3.63, 3.8) is 0 Å². The van der Waals surface area contributed by atoms with Crippen LogP contribution in [0.15, 0.2) is 77.4 Å². The summed E-state index contributed by atoms with van der Waals surface area (Å²) in [5.41, 5.74) is 3.29. The SMILES string of the molecule is CCCC1(CCc2ccccc2)CC(O)=C(Cc2cccc(CS(=O)(=O)c3cn(C)cn3)c2C2CC2)C(=O)O1. The van der Waals surface area contributed by atoms with E-state index in [0.717, 1.165) is 42.4 Å². The number of nitrogens with zero attached hydrogens (tertiary/aromatic N) is 2. The molecule has 1 aliphatic carbocycles. The normalized spacial score (nSPS) is 19.8. The number of aromatic nitrogens is 2. The fourth-order valence-electron chi connectivity index (χ4n) is 5.74. The first kappa shape index (κ1) is 27.2. The minimum atomic E-state index is -3.63. The number of carbonyl (C=O) groups excluding carboxylic acids is 1. The molecular formula is C31H36N2O5S. The van der Waals surface area contributed by atoms with Gasteiger partial charge in [0.05, 0.1) is 17.7 Å². The third kappa shape index (κ3) is 6.11. The van der Waals surface area contributed by atoms with Crippen molar-refractivity contribution in [1.82, 2.24) is 9.55 Å². The molecule has 0 saturated heterocycles. The lowest BCUT2D eigenvalue weighted by atomic mass is 9.82. The van der Waals surface area contributed by atoms with Gasteiger partial charge in [0, 0.05) is 26.1 Å². The highest BCUT2D eigenvalue weighted by molar-refractivity contribution is 7.90. The second-order valence-electron chi connectivity index (χ2n) is 11.0. The van der Waals surface area contributed by atoms with Gasteiger partial charge in [-0.15, -0.1) is 0 Å². The molecule has 1 fully saturated rings. The van der Waals surface area contributed by atoms with Gasteiger partial charge in [0.1, 0.15) is 11.4 Å². The molecule has 0 radical (unpaired) electrons. The number of esters is 1. The maximum atomic E-state index is 13.4. The number of ether oxygens (including phenoxy) is 1. The molecule has 1 aliphatic heterocycles. The summed E-state index contributed by atoms with van der Waals surface area (Å²) in [6.45, 7) is 2.06. The number of hydrogen-bond acceptors (Lipinski definition) is 6. The Morgan fingerprint density at radius 3 is 2.46 bits per heavy atom. The van der Waals surface area contributed by atoms with Crippen LogP contribution in [-0.2, 0) is 45.0 Å². The minimum Gasteiger partial charge on any atom is -0.512 e. The summed E-state index contributed by atoms with van der Waals surface area (Å²) in [7, 11) is -1.89. The Hall–Kier alpha value is -3.39. The van der Waals surface area contributed by atoms with Crippen molar-refractivity contribution in [3.8, 4) is 0 Å². The van der Waals surface area contributed by atoms with Crippen LogP contribution in [0.4, 0.5) is 0 Å². The number of aryl methyl sites for hydroxylation is 2. The van der Waals surface area contributed by atoms with Crippen LogP contribution in [0.3, 0.4) is 0 Å². The molecule has 7 nitrogen and oxygen atoms in total. The number of benzene rings is 2. The van der Waals surface area contributed by atoms with Crippen LogP contribution in [0.1, 0.15) is 73.6 Å². The van der Waals surface area contributed by atoms with E-state index in [9.17, 15) is 18.3 Å². The number of hydrogen-bond donors (Lipinski definition) is 1. The molecule has 5 rings (SSSR count). The molecular weight excluding hydrogens is 512 g/mol. The van der Waals surface area contributed by atoms with Gasteiger partial charge in [0.25, 0.3) is 0 Å². The van der Waals surface area contributed by atoms with Crippen LogP contribution in [0, 0.1) is 0 Å². The lowest BCUT2D eigenvalue weighted by Gasteiger charge is -2.37. The number of carbonyl (C=O) groups is 1. The van der Waals surface area contributed by atoms with Crippen molar-refractivity contribution >= 4 is 15.8 Å². The molecule has 2 aromatic carbocycles. The second-order valence-corrected chi connectivity index (χ2v) is 12.9. The van der Waals surface area contributed by atoms with E-state index in [2.05, 4.69) is 24.0 Å². The monoisotopic (exact) mass is 548 g/mol. The fraction of sp³-hybridized carbons (Fsp3) is 0.419. The van der Waals surface area contributed by atoms with Crippen molar-refractivity contribution in [2.24, 2.45) is 7.05 Å². The highest BCUT2D eigenvalue weighted by Gasteiger charge is 2.41. The maximum absolute atomic E-state index is 13.4. The van der Waals surface area contributed by atoms with Crippen LogP contribution in [-0.4, -0.2) is 34.6 Å². The zero-order valence-electron chi connectivity index (χ0n) is 22.6. The number of cyclic esters (lactones) is 1. The van der Waals surface area contributed by atoms with Gasteiger partial charge in [-0.3, -0.25) is 0 Å². The predicted octanol–water partition coefficient (Wildman–Crippen LogP) is 5.74. The summed E-state index contributed by atoms with van der Waals surface area (Å²) in [4.78, 5) is 17.4. The highest BCUT2D eigenvalue weighted by Crippen LogP contribution is 2.45. The van der Waals surface area contributed by atoms with Crippen LogP contribution in [0.5, 0.6) is 0 Å². The molecule has 1 N–H and O–H groups in total. The van der Waals surface area contributed by atoms with Gasteiger partial charge in [-0.2, -0.15) is 0 Å². The zero-order valence-corrected chi connectivity index (χ0v) is 23.4. The Balaban J connectivity index is 1.40. The first-order valence-corrected chi connectivity index (χ1v) is 15.3. The Morgan fingerprint density at radius 1 is 1.08 bits per heavy atom. The van der Waals surface area contributed by atoms with E-state index in [-0.39, 0.29) is 34.4 Å². The largest absolute Gasteiger partial charge is 0.512 e. The first-order valence-electron chi connectivity index (χ1n) is 13.7. The molecule has 206 valence electrons. The molecule has 0 bridgehead atoms. The topological polar surface area (TPSA) is 98.5 Å². The van der Waals surface area contributed by atoms with E-state index in [0.29, 0.717) is 19.3 Å². The third-order valence-electron chi connectivity index (χ3n) is 7.80. The van der Waals surface area contributed by atoms with Crippen LogP contribution in [0.2, 0.25) is 0 Å². The smallest absolute Gasteiger partial charge is 0.338 e. The lowest BCUT2D eigenvalue weighted by Crippen LogP contribution is -2.41. The summed E-state index contributed by atoms with van der Waals surface area (Å²) < 4.78 is 34.0. The third-order valence-corrected chi connectivity index (χ3v) is 9.34. The van der Waals surface area contributed by atoms with Gasteiger partial charge in [0.2, 0.25) is 9.84 Å². The van der Waals surface area contributed by atoms with Crippen molar-refractivity contribution in [2.45, 2.75) is 80.6 Å². The second kappa shape index (κ2) is 11.0. The van der Waals surface area contributed by atoms with Gasteiger partial charge >= 0.3 is 5.97 Å². The fourth-order valence-corrected chi connectivity index (χ4v) is 7.08. The number of aliphatic hydroxyl groups excluding tert-OH is 1. The van der Waals surface area contributed by atoms with Gasteiger partial charge in [-0.05, 0) is 60.3 Å². The van der Waals surface area contributed by atoms with Crippen molar-refractivity contribution in [2.75, 3.05) is 0 Å². The van der Waals surface area contributed by atoms with Crippen molar-refractivity contribution in [3.05, 3.63) is 94.6 Å². The van der Waals surface area contributed by atoms with E-state index in [1.807, 2.05) is 36.4 Å². The summed E-state index contributed by atoms with van der Waals surface area (Å²) >= 11 is 0. The molecule has 8 heteroatoms. The number of sulfone groups is 1. The zero-order chi connectivity index (χ0) is 27.6. The lowest BCUT2D eigenvalue weighted by molar-refractivity contribution is -0.160. The average molecular weight is 549 g/mol. The average Bonchev–Trinajstić information content (AvgIpc) is 3.64. The Morgan fingerprint density at radius 2 is 1.82 bits per heavy atom. The highest BCUT2D eigenvalue weighted by atomic mass is 32.2. The molecule has 0 amide bonds. The van der Waals surface area contributed by atoms with Gasteiger partial charge in [0.15, 0.2) is 5.03 Å². The molecule has 1 aromatic heterocycles. The number of aliphatic hydroxyl groups is 1. The van der Waals surface area contributed by atoms with E-state index in [1.54, 1.807) is 11.6 Å². The molecule has 1 unspecified atom stereocenters. The van der Waals surface area contributed by atoms with Crippen LogP contribution < -0.4 is 0 Å². The number of rotatable bonds is 11. The Labute approximate surface area is 230 Å². The molecule has 2 heterocycles. The van der Waals surface area contributed by atoms with Gasteiger partial charge in [-0.25, -0.2) is 18.2 Å². The summed E-state index contributed by atoms with van der Waals surface area (Å²) in [6.07, 6.45) is 8.36. The van der Waals surface area contributed by atoms with Crippen LogP contribution >= 0.6 is 0 Å². The van der Waals surface area contributed by atoms with E-state index >= 15 is 0 Å². The molecule has 1 saturated carbocycles. The van der Waals surface area contributed by atoms with Crippen LogP contribution in [0.25, 0.3) is 0 Å². The number of imidazole rings is 1. The minimum absolute atomic E-state index is 0.0520. The summed E-state index contributed by atoms with van der Waals surface area (Å²) in [6, 6.07) is 15.7. The van der Waals surface area contributed by atoms with E-state index in [1.165, 1.54) is 18.1 Å². The Bertz CT molecular complexity index is 1490. The molecule has 39 heavy (non-hydrogen) atoms. The molecule has 2 aliphatic rings. The quantitative estimate of drug-likeness (QED) is 0.307. The molecule has 0 spiro atoms. The van der Waals surface area contributed by atoms with E-state index < -0.39 is 21.4 Å². The maximum Gasteiger partial charge on any atom is 0.338 e. The first-order chi connectivity index (χ1) is 18.7. The van der Waals surface area contributed by atoms with Crippen molar-refractivity contribution < 1.29 is 23.1 Å². The predicted molar refractivity (Wildman–Crippen MR) is 149 cm³/mol. The van der Waals surface area contributed by atoms with Crippen molar-refractivity contribution in [1.29, 1.82) is 0 Å².